The van der Waals surface area contributed by atoms with Gasteiger partial charge in [-0.1, -0.05) is 23.7 Å². The molecule has 1 aliphatic carbocycles. The fraction of sp³-hybridized carbons (Fsp3) is 0.500. The van der Waals surface area contributed by atoms with Crippen molar-refractivity contribution in [3.05, 3.63) is 34.9 Å². The maximum atomic E-state index is 5.98. The van der Waals surface area contributed by atoms with Crippen LogP contribution in [0.2, 0.25) is 5.02 Å². The molecule has 0 unspecified atom stereocenters. The number of hydrogen-bond donors (Lipinski definition) is 2. The van der Waals surface area contributed by atoms with E-state index in [2.05, 4.69) is 37.1 Å². The summed E-state index contributed by atoms with van der Waals surface area (Å²) >= 11 is 5.98. The molecule has 0 bridgehead atoms. The number of benzene rings is 1. The number of guanidine groups is 1. The predicted molar refractivity (Wildman–Crippen MR) is 77.1 cm³/mol. The van der Waals surface area contributed by atoms with Gasteiger partial charge in [0.15, 0.2) is 5.96 Å². The van der Waals surface area contributed by atoms with Gasteiger partial charge < -0.3 is 11.1 Å². The Bertz CT molecular complexity index is 462. The molecule has 1 aliphatic rings. The molecule has 0 amide bonds. The number of nitrogens with zero attached hydrogens (tertiary/aromatic N) is 1. The minimum Gasteiger partial charge on any atom is -0.370 e. The van der Waals surface area contributed by atoms with Crippen LogP contribution in [0.5, 0.6) is 0 Å². The second-order valence-corrected chi connectivity index (χ2v) is 6.29. The second kappa shape index (κ2) is 4.81. The summed E-state index contributed by atoms with van der Waals surface area (Å²) in [4.78, 5) is 4.50. The molecule has 18 heavy (non-hydrogen) atoms. The molecule has 0 saturated heterocycles. The molecular formula is C14H20ClN3. The fourth-order valence-corrected chi connectivity index (χ4v) is 2.21. The van der Waals surface area contributed by atoms with E-state index in [1.54, 1.807) is 0 Å². The SMILES string of the molecule is CC(C)(C)NC(N)=N[C@@H]1C[C@H]1c1cccc(Cl)c1. The molecule has 0 heterocycles. The van der Waals surface area contributed by atoms with Gasteiger partial charge in [-0.3, -0.25) is 0 Å². The van der Waals surface area contributed by atoms with Crippen LogP contribution >= 0.6 is 11.6 Å². The zero-order valence-corrected chi connectivity index (χ0v) is 11.8. The Balaban J connectivity index is 1.97. The van der Waals surface area contributed by atoms with Crippen molar-refractivity contribution in [2.45, 2.75) is 44.7 Å². The fourth-order valence-electron chi connectivity index (χ4n) is 2.01. The maximum absolute atomic E-state index is 5.98. The highest BCUT2D eigenvalue weighted by atomic mass is 35.5. The Morgan fingerprint density at radius 2 is 2.17 bits per heavy atom. The Labute approximate surface area is 113 Å². The number of rotatable bonds is 2. The molecule has 1 fully saturated rings. The lowest BCUT2D eigenvalue weighted by molar-refractivity contribution is 0.508. The smallest absolute Gasteiger partial charge is 0.189 e. The van der Waals surface area contributed by atoms with Gasteiger partial charge in [-0.15, -0.1) is 0 Å². The lowest BCUT2D eigenvalue weighted by Gasteiger charge is -2.21. The van der Waals surface area contributed by atoms with Crippen LogP contribution in [0.4, 0.5) is 0 Å². The molecule has 1 aromatic rings. The molecule has 1 saturated carbocycles. The maximum Gasteiger partial charge on any atom is 0.189 e. The van der Waals surface area contributed by atoms with Gasteiger partial charge in [0.25, 0.3) is 0 Å². The number of hydrogen-bond acceptors (Lipinski definition) is 1. The molecule has 2 rings (SSSR count). The normalized spacial score (nSPS) is 23.9. The zero-order chi connectivity index (χ0) is 13.3. The summed E-state index contributed by atoms with van der Waals surface area (Å²) in [5.41, 5.74) is 7.09. The molecule has 2 atom stereocenters. The first-order chi connectivity index (χ1) is 8.35. The third-order valence-electron chi connectivity index (χ3n) is 2.84. The van der Waals surface area contributed by atoms with Crippen LogP contribution < -0.4 is 11.1 Å². The van der Waals surface area contributed by atoms with Crippen molar-refractivity contribution in [3.8, 4) is 0 Å². The van der Waals surface area contributed by atoms with Crippen molar-refractivity contribution in [2.24, 2.45) is 10.7 Å². The van der Waals surface area contributed by atoms with E-state index in [0.29, 0.717) is 17.9 Å². The van der Waals surface area contributed by atoms with Crippen LogP contribution in [-0.4, -0.2) is 17.5 Å². The Kier molecular flexibility index (Phi) is 3.53. The molecule has 4 heteroatoms. The summed E-state index contributed by atoms with van der Waals surface area (Å²) in [5, 5.41) is 3.96. The van der Waals surface area contributed by atoms with Gasteiger partial charge in [-0.2, -0.15) is 0 Å². The minimum atomic E-state index is -0.0476. The first-order valence-corrected chi connectivity index (χ1v) is 6.60. The highest BCUT2D eigenvalue weighted by molar-refractivity contribution is 6.30. The molecule has 0 spiro atoms. The predicted octanol–water partition coefficient (Wildman–Crippen LogP) is 2.90. The summed E-state index contributed by atoms with van der Waals surface area (Å²) in [6.45, 7) is 6.20. The lowest BCUT2D eigenvalue weighted by Crippen LogP contribution is -2.45. The molecule has 0 radical (unpaired) electrons. The topological polar surface area (TPSA) is 50.4 Å². The Morgan fingerprint density at radius 3 is 2.78 bits per heavy atom. The average molecular weight is 266 g/mol. The van der Waals surface area contributed by atoms with Gasteiger partial charge in [-0.05, 0) is 44.9 Å². The van der Waals surface area contributed by atoms with Crippen molar-refractivity contribution < 1.29 is 0 Å². The van der Waals surface area contributed by atoms with E-state index < -0.39 is 0 Å². The van der Waals surface area contributed by atoms with Crippen LogP contribution in [0.1, 0.15) is 38.7 Å². The third-order valence-corrected chi connectivity index (χ3v) is 3.08. The van der Waals surface area contributed by atoms with Crippen LogP contribution in [0, 0.1) is 0 Å². The molecule has 0 aromatic heterocycles. The zero-order valence-electron chi connectivity index (χ0n) is 11.1. The van der Waals surface area contributed by atoms with Gasteiger partial charge in [-0.25, -0.2) is 4.99 Å². The summed E-state index contributed by atoms with van der Waals surface area (Å²) in [5.74, 6) is 0.987. The summed E-state index contributed by atoms with van der Waals surface area (Å²) in [6.07, 6.45) is 1.05. The van der Waals surface area contributed by atoms with E-state index in [1.165, 1.54) is 5.56 Å². The first kappa shape index (κ1) is 13.2. The van der Waals surface area contributed by atoms with Crippen LogP contribution in [-0.2, 0) is 0 Å². The highest BCUT2D eigenvalue weighted by Crippen LogP contribution is 2.43. The van der Waals surface area contributed by atoms with Gasteiger partial charge in [0.05, 0.1) is 6.04 Å². The van der Waals surface area contributed by atoms with Crippen molar-refractivity contribution in [1.82, 2.24) is 5.32 Å². The first-order valence-electron chi connectivity index (χ1n) is 6.22. The molecule has 1 aromatic carbocycles. The summed E-state index contributed by atoms with van der Waals surface area (Å²) in [6, 6.07) is 8.27. The van der Waals surface area contributed by atoms with E-state index in [4.69, 9.17) is 17.3 Å². The summed E-state index contributed by atoms with van der Waals surface area (Å²) in [7, 11) is 0. The van der Waals surface area contributed by atoms with Crippen molar-refractivity contribution in [1.29, 1.82) is 0 Å². The van der Waals surface area contributed by atoms with E-state index in [9.17, 15) is 0 Å². The molecule has 3 N–H and O–H groups in total. The number of halogens is 1. The number of aliphatic imine (C=N–C) groups is 1. The summed E-state index contributed by atoms with van der Waals surface area (Å²) < 4.78 is 0. The lowest BCUT2D eigenvalue weighted by atomic mass is 10.1. The Morgan fingerprint density at radius 1 is 1.44 bits per heavy atom. The van der Waals surface area contributed by atoms with E-state index >= 15 is 0 Å². The Hall–Kier alpha value is -1.22. The van der Waals surface area contributed by atoms with Crippen LogP contribution in [0.25, 0.3) is 0 Å². The molecule has 0 aliphatic heterocycles. The van der Waals surface area contributed by atoms with E-state index in [0.717, 1.165) is 11.4 Å². The van der Waals surface area contributed by atoms with Crippen LogP contribution in [0.3, 0.4) is 0 Å². The van der Waals surface area contributed by atoms with Crippen molar-refractivity contribution >= 4 is 17.6 Å². The second-order valence-electron chi connectivity index (χ2n) is 5.85. The molecule has 98 valence electrons. The van der Waals surface area contributed by atoms with Crippen LogP contribution in [0.15, 0.2) is 29.3 Å². The van der Waals surface area contributed by atoms with Gasteiger partial charge in [0, 0.05) is 16.5 Å². The molecule has 3 nitrogen and oxygen atoms in total. The van der Waals surface area contributed by atoms with Crippen molar-refractivity contribution in [3.63, 3.8) is 0 Å². The van der Waals surface area contributed by atoms with E-state index in [-0.39, 0.29) is 5.54 Å². The minimum absolute atomic E-state index is 0.0476. The number of nitrogens with two attached hydrogens (primary N) is 1. The average Bonchev–Trinajstić information content (AvgIpc) is 2.93. The monoisotopic (exact) mass is 265 g/mol. The van der Waals surface area contributed by atoms with Gasteiger partial charge >= 0.3 is 0 Å². The highest BCUT2D eigenvalue weighted by Gasteiger charge is 2.38. The third kappa shape index (κ3) is 3.64. The standard InChI is InChI=1S/C14H20ClN3/c1-14(2,3)18-13(16)17-12-8-11(12)9-5-4-6-10(15)7-9/h4-7,11-12H,8H2,1-3H3,(H3,16,17,18)/t11-,12+/m0/s1. The quantitative estimate of drug-likeness (QED) is 0.638. The van der Waals surface area contributed by atoms with Crippen molar-refractivity contribution in [2.75, 3.05) is 0 Å². The largest absolute Gasteiger partial charge is 0.370 e. The van der Waals surface area contributed by atoms with Gasteiger partial charge in [0.2, 0.25) is 0 Å². The van der Waals surface area contributed by atoms with E-state index in [1.807, 2.05) is 18.2 Å². The molecular weight excluding hydrogens is 246 g/mol. The number of nitrogens with one attached hydrogen (secondary N) is 1. The van der Waals surface area contributed by atoms with Gasteiger partial charge in [0.1, 0.15) is 0 Å².